The smallest absolute Gasteiger partial charge is 0.210 e. The van der Waals surface area contributed by atoms with Gasteiger partial charge in [0.25, 0.3) is 0 Å². The van der Waals surface area contributed by atoms with Crippen molar-refractivity contribution in [3.05, 3.63) is 42.0 Å². The van der Waals surface area contributed by atoms with E-state index in [1.54, 1.807) is 7.11 Å². The zero-order valence-electron chi connectivity index (χ0n) is 10.7. The van der Waals surface area contributed by atoms with Gasteiger partial charge in [0, 0.05) is 0 Å². The van der Waals surface area contributed by atoms with Crippen LogP contribution in [-0.2, 0) is 20.9 Å². The van der Waals surface area contributed by atoms with Crippen LogP contribution in [0.2, 0.25) is 0 Å². The van der Waals surface area contributed by atoms with Crippen molar-refractivity contribution in [3.8, 4) is 5.75 Å². The van der Waals surface area contributed by atoms with Gasteiger partial charge in [-0.2, -0.15) is 0 Å². The van der Waals surface area contributed by atoms with Crippen LogP contribution in [0, 0.1) is 0 Å². The van der Waals surface area contributed by atoms with Crippen molar-refractivity contribution < 1.29 is 24.1 Å². The van der Waals surface area contributed by atoms with Crippen LogP contribution in [0.4, 0.5) is 0 Å². The molecule has 5 nitrogen and oxygen atoms in total. The minimum absolute atomic E-state index is 0.0250. The molecule has 1 aliphatic rings. The monoisotopic (exact) mass is 264 g/mol. The Morgan fingerprint density at radius 3 is 2.68 bits per heavy atom. The first kappa shape index (κ1) is 13.7. The average molecular weight is 264 g/mol. The van der Waals surface area contributed by atoms with E-state index >= 15 is 0 Å². The summed E-state index contributed by atoms with van der Waals surface area (Å²) in [4.78, 5) is 10.9. The summed E-state index contributed by atoms with van der Waals surface area (Å²) in [5, 5.41) is 9.94. The van der Waals surface area contributed by atoms with Gasteiger partial charge in [-0.25, -0.2) is 0 Å². The summed E-state index contributed by atoms with van der Waals surface area (Å²) in [6, 6.07) is 7.43. The molecule has 1 heterocycles. The van der Waals surface area contributed by atoms with Gasteiger partial charge in [0.1, 0.15) is 19.0 Å². The number of ketones is 1. The normalized spacial score (nSPS) is 22.5. The van der Waals surface area contributed by atoms with E-state index in [2.05, 4.69) is 0 Å². The number of methoxy groups -OCH3 is 1. The summed E-state index contributed by atoms with van der Waals surface area (Å²) >= 11 is 0. The van der Waals surface area contributed by atoms with E-state index in [1.165, 1.54) is 12.2 Å². The van der Waals surface area contributed by atoms with E-state index in [-0.39, 0.29) is 19.0 Å². The molecule has 102 valence electrons. The maximum Gasteiger partial charge on any atom is 0.210 e. The molecule has 5 heteroatoms. The number of rotatable bonds is 5. The molecule has 0 saturated heterocycles. The third-order valence-corrected chi connectivity index (χ3v) is 2.73. The van der Waals surface area contributed by atoms with Gasteiger partial charge >= 0.3 is 0 Å². The summed E-state index contributed by atoms with van der Waals surface area (Å²) < 4.78 is 15.5. The molecule has 0 saturated carbocycles. The molecule has 0 radical (unpaired) electrons. The molecule has 19 heavy (non-hydrogen) atoms. The molecule has 1 atom stereocenters. The Kier molecular flexibility index (Phi) is 4.31. The van der Waals surface area contributed by atoms with Crippen molar-refractivity contribution in [1.29, 1.82) is 0 Å². The summed E-state index contributed by atoms with van der Waals surface area (Å²) in [5.74, 6) is -0.903. The van der Waals surface area contributed by atoms with Crippen LogP contribution < -0.4 is 4.74 Å². The van der Waals surface area contributed by atoms with E-state index in [1.807, 2.05) is 24.3 Å². The van der Waals surface area contributed by atoms with Gasteiger partial charge in [-0.1, -0.05) is 12.1 Å². The largest absolute Gasteiger partial charge is 0.497 e. The summed E-state index contributed by atoms with van der Waals surface area (Å²) in [5.41, 5.74) is 0.959. The number of ether oxygens (including phenoxy) is 3. The van der Waals surface area contributed by atoms with E-state index < -0.39 is 5.79 Å². The molecular formula is C14H16O5. The van der Waals surface area contributed by atoms with Crippen molar-refractivity contribution in [2.24, 2.45) is 0 Å². The third kappa shape index (κ3) is 3.89. The zero-order chi connectivity index (χ0) is 13.7. The Labute approximate surface area is 111 Å². The summed E-state index contributed by atoms with van der Waals surface area (Å²) in [7, 11) is 1.61. The molecule has 1 aliphatic heterocycles. The third-order valence-electron chi connectivity index (χ3n) is 2.73. The summed E-state index contributed by atoms with van der Waals surface area (Å²) in [6.45, 7) is 0.194. The highest BCUT2D eigenvalue weighted by molar-refractivity contribution is 5.91. The molecule has 1 aromatic rings. The highest BCUT2D eigenvalue weighted by atomic mass is 16.6. The fourth-order valence-electron chi connectivity index (χ4n) is 1.64. The molecule has 0 aromatic heterocycles. The first-order chi connectivity index (χ1) is 9.11. The van der Waals surface area contributed by atoms with Crippen LogP contribution in [-0.4, -0.2) is 37.0 Å². The van der Waals surface area contributed by atoms with Gasteiger partial charge in [-0.05, 0) is 29.8 Å². The van der Waals surface area contributed by atoms with Gasteiger partial charge in [-0.3, -0.25) is 4.79 Å². The second-order valence-corrected chi connectivity index (χ2v) is 4.27. The molecule has 0 spiro atoms. The molecule has 2 rings (SSSR count). The highest BCUT2D eigenvalue weighted by Crippen LogP contribution is 2.16. The first-order valence-electron chi connectivity index (χ1n) is 5.90. The summed E-state index contributed by atoms with van der Waals surface area (Å²) in [6.07, 6.45) is 2.62. The van der Waals surface area contributed by atoms with E-state index in [0.717, 1.165) is 11.3 Å². The topological polar surface area (TPSA) is 65.0 Å². The Morgan fingerprint density at radius 1 is 1.37 bits per heavy atom. The van der Waals surface area contributed by atoms with Crippen molar-refractivity contribution in [2.75, 3.05) is 20.3 Å². The van der Waals surface area contributed by atoms with Crippen LogP contribution in [0.1, 0.15) is 5.56 Å². The molecule has 1 N–H and O–H groups in total. The minimum Gasteiger partial charge on any atom is -0.497 e. The number of carbonyl (C=O) groups excluding carboxylic acids is 1. The Balaban J connectivity index is 1.82. The molecule has 0 fully saturated rings. The lowest BCUT2D eigenvalue weighted by Gasteiger charge is -2.26. The Morgan fingerprint density at radius 2 is 2.11 bits per heavy atom. The van der Waals surface area contributed by atoms with Gasteiger partial charge in [0.05, 0.1) is 13.7 Å². The van der Waals surface area contributed by atoms with Gasteiger partial charge in [-0.15, -0.1) is 0 Å². The predicted molar refractivity (Wildman–Crippen MR) is 67.7 cm³/mol. The van der Waals surface area contributed by atoms with Crippen molar-refractivity contribution in [2.45, 2.75) is 12.4 Å². The fourth-order valence-corrected chi connectivity index (χ4v) is 1.64. The quantitative estimate of drug-likeness (QED) is 0.861. The SMILES string of the molecule is COc1ccc(COCC2(O)C=CC(=O)CO2)cc1. The van der Waals surface area contributed by atoms with Crippen LogP contribution >= 0.6 is 0 Å². The number of carbonyl (C=O) groups is 1. The van der Waals surface area contributed by atoms with Gasteiger partial charge in [0.2, 0.25) is 5.79 Å². The van der Waals surface area contributed by atoms with Gasteiger partial charge < -0.3 is 19.3 Å². The minimum atomic E-state index is -1.51. The van der Waals surface area contributed by atoms with E-state index in [0.29, 0.717) is 6.61 Å². The number of hydrogen-bond donors (Lipinski definition) is 1. The van der Waals surface area contributed by atoms with Crippen molar-refractivity contribution in [3.63, 3.8) is 0 Å². The fraction of sp³-hybridized carbons (Fsp3) is 0.357. The van der Waals surface area contributed by atoms with E-state index in [4.69, 9.17) is 14.2 Å². The molecule has 0 aliphatic carbocycles. The predicted octanol–water partition coefficient (Wildman–Crippen LogP) is 1.06. The average Bonchev–Trinajstić information content (AvgIpc) is 2.43. The Hall–Kier alpha value is -1.69. The number of hydrogen-bond acceptors (Lipinski definition) is 5. The maximum atomic E-state index is 10.9. The lowest BCUT2D eigenvalue weighted by molar-refractivity contribution is -0.204. The molecular weight excluding hydrogens is 248 g/mol. The van der Waals surface area contributed by atoms with E-state index in [9.17, 15) is 9.90 Å². The second kappa shape index (κ2) is 5.97. The zero-order valence-corrected chi connectivity index (χ0v) is 10.7. The van der Waals surface area contributed by atoms with Crippen molar-refractivity contribution >= 4 is 5.78 Å². The maximum absolute atomic E-state index is 10.9. The van der Waals surface area contributed by atoms with Crippen LogP contribution in [0.25, 0.3) is 0 Å². The Bertz CT molecular complexity index is 465. The lowest BCUT2D eigenvalue weighted by atomic mass is 10.2. The molecule has 1 unspecified atom stereocenters. The molecule has 1 aromatic carbocycles. The number of benzene rings is 1. The standard InChI is InChI=1S/C14H16O5/c1-17-13-4-2-11(3-5-13)8-18-10-14(16)7-6-12(15)9-19-14/h2-7,16H,8-10H2,1H3. The van der Waals surface area contributed by atoms with Crippen molar-refractivity contribution in [1.82, 2.24) is 0 Å². The van der Waals surface area contributed by atoms with Crippen LogP contribution in [0.15, 0.2) is 36.4 Å². The lowest BCUT2D eigenvalue weighted by Crippen LogP contribution is -2.39. The molecule has 0 amide bonds. The van der Waals surface area contributed by atoms with Crippen LogP contribution in [0.5, 0.6) is 5.75 Å². The highest BCUT2D eigenvalue weighted by Gasteiger charge is 2.29. The first-order valence-corrected chi connectivity index (χ1v) is 5.90. The molecule has 0 bridgehead atoms. The number of aliphatic hydroxyl groups is 1. The van der Waals surface area contributed by atoms with Crippen LogP contribution in [0.3, 0.4) is 0 Å². The second-order valence-electron chi connectivity index (χ2n) is 4.27. The van der Waals surface area contributed by atoms with Gasteiger partial charge in [0.15, 0.2) is 5.78 Å².